The number of hydrogen-bond donors (Lipinski definition) is 2. The van der Waals surface area contributed by atoms with Gasteiger partial charge >= 0.3 is 0 Å². The van der Waals surface area contributed by atoms with Gasteiger partial charge in [-0.1, -0.05) is 18.2 Å². The minimum Gasteiger partial charge on any atom is -0.380 e. The van der Waals surface area contributed by atoms with Gasteiger partial charge in [-0.25, -0.2) is 9.97 Å². The molecule has 7 nitrogen and oxygen atoms in total. The topological polar surface area (TPSA) is 109 Å². The van der Waals surface area contributed by atoms with Crippen molar-refractivity contribution >= 4 is 11.8 Å². The fourth-order valence-corrected chi connectivity index (χ4v) is 3.06. The van der Waals surface area contributed by atoms with Gasteiger partial charge in [-0.2, -0.15) is 0 Å². The number of carbonyl (C=O) groups is 2. The third kappa shape index (κ3) is 3.36. The molecule has 0 spiro atoms. The maximum atomic E-state index is 12.2. The number of benzene rings is 1. The minimum atomic E-state index is -1.38. The molecule has 0 saturated carbocycles. The zero-order chi connectivity index (χ0) is 18.2. The third-order valence-electron chi connectivity index (χ3n) is 4.39. The van der Waals surface area contributed by atoms with Crippen molar-refractivity contribution in [1.29, 1.82) is 0 Å². The maximum Gasteiger partial charge on any atom is 0.267 e. The standard InChI is InChI=1S/C18H20N4O3/c1-11-8-14(15(19)23)21-16(20-11)13-5-3-4-12(9-13)10-18(25)6-7-22(2)17(18)24/h3-5,8-9,25H,6-7,10H2,1-2H3,(H2,19,23). The molecule has 25 heavy (non-hydrogen) atoms. The van der Waals surface area contributed by atoms with Crippen molar-refractivity contribution in [1.82, 2.24) is 14.9 Å². The van der Waals surface area contributed by atoms with Gasteiger partial charge in [-0.15, -0.1) is 0 Å². The van der Waals surface area contributed by atoms with E-state index in [9.17, 15) is 14.7 Å². The average molecular weight is 340 g/mol. The van der Waals surface area contributed by atoms with Crippen LogP contribution in [-0.4, -0.2) is 51.0 Å². The number of carbonyl (C=O) groups excluding carboxylic acids is 2. The summed E-state index contributed by atoms with van der Waals surface area (Å²) >= 11 is 0. The van der Waals surface area contributed by atoms with Crippen LogP contribution in [0.25, 0.3) is 11.4 Å². The van der Waals surface area contributed by atoms with Gasteiger partial charge in [0.2, 0.25) is 0 Å². The SMILES string of the molecule is Cc1cc(C(N)=O)nc(-c2cccc(CC3(O)CCN(C)C3=O)c2)n1. The number of likely N-dealkylation sites (tertiary alicyclic amines) is 1. The number of rotatable bonds is 4. The van der Waals surface area contributed by atoms with Crippen molar-refractivity contribution in [2.75, 3.05) is 13.6 Å². The Kier molecular flexibility index (Phi) is 4.26. The van der Waals surface area contributed by atoms with Crippen LogP contribution < -0.4 is 5.73 Å². The molecule has 130 valence electrons. The Hall–Kier alpha value is -2.80. The van der Waals surface area contributed by atoms with Crippen LogP contribution in [0, 0.1) is 6.92 Å². The Morgan fingerprint density at radius 2 is 2.12 bits per heavy atom. The van der Waals surface area contributed by atoms with Crippen LogP contribution in [0.3, 0.4) is 0 Å². The minimum absolute atomic E-state index is 0.152. The van der Waals surface area contributed by atoms with E-state index in [1.54, 1.807) is 14.0 Å². The first-order valence-corrected chi connectivity index (χ1v) is 8.01. The van der Waals surface area contributed by atoms with Gasteiger partial charge in [0.25, 0.3) is 11.8 Å². The summed E-state index contributed by atoms with van der Waals surface area (Å²) in [6.45, 7) is 2.30. The van der Waals surface area contributed by atoms with Gasteiger partial charge in [0.1, 0.15) is 11.3 Å². The van der Waals surface area contributed by atoms with E-state index in [0.717, 1.165) is 5.56 Å². The molecule has 2 amide bonds. The van der Waals surface area contributed by atoms with E-state index >= 15 is 0 Å². The second kappa shape index (κ2) is 6.25. The van der Waals surface area contributed by atoms with Crippen molar-refractivity contribution in [3.63, 3.8) is 0 Å². The zero-order valence-electron chi connectivity index (χ0n) is 14.2. The van der Waals surface area contributed by atoms with Crippen LogP contribution in [0.4, 0.5) is 0 Å². The quantitative estimate of drug-likeness (QED) is 0.851. The molecule has 1 atom stereocenters. The number of nitrogens with zero attached hydrogens (tertiary/aromatic N) is 3. The summed E-state index contributed by atoms with van der Waals surface area (Å²) < 4.78 is 0. The molecule has 7 heteroatoms. The van der Waals surface area contributed by atoms with Crippen LogP contribution in [0.15, 0.2) is 30.3 Å². The first-order valence-electron chi connectivity index (χ1n) is 8.01. The molecule has 2 heterocycles. The van der Waals surface area contributed by atoms with E-state index in [0.29, 0.717) is 30.0 Å². The Labute approximate surface area is 145 Å². The first kappa shape index (κ1) is 17.0. The molecule has 3 rings (SSSR count). The van der Waals surface area contributed by atoms with Crippen molar-refractivity contribution in [2.24, 2.45) is 5.73 Å². The Bertz CT molecular complexity index is 852. The smallest absolute Gasteiger partial charge is 0.267 e. The molecule has 1 aromatic heterocycles. The lowest BCUT2D eigenvalue weighted by atomic mass is 9.92. The lowest BCUT2D eigenvalue weighted by Gasteiger charge is -2.21. The fourth-order valence-electron chi connectivity index (χ4n) is 3.06. The molecular formula is C18H20N4O3. The molecule has 1 fully saturated rings. The van der Waals surface area contributed by atoms with Crippen LogP contribution >= 0.6 is 0 Å². The highest BCUT2D eigenvalue weighted by molar-refractivity contribution is 5.91. The number of aromatic nitrogens is 2. The highest BCUT2D eigenvalue weighted by Crippen LogP contribution is 2.27. The molecule has 0 radical (unpaired) electrons. The maximum absolute atomic E-state index is 12.2. The predicted octanol–water partition coefficient (Wildman–Crippen LogP) is 0.687. The first-order chi connectivity index (χ1) is 11.8. The van der Waals surface area contributed by atoms with Crippen LogP contribution in [0.5, 0.6) is 0 Å². The third-order valence-corrected chi connectivity index (χ3v) is 4.39. The van der Waals surface area contributed by atoms with Gasteiger partial charge < -0.3 is 15.7 Å². The van der Waals surface area contributed by atoms with E-state index in [-0.39, 0.29) is 18.0 Å². The van der Waals surface area contributed by atoms with Gasteiger partial charge in [0.15, 0.2) is 5.82 Å². The largest absolute Gasteiger partial charge is 0.380 e. The van der Waals surface area contributed by atoms with Gasteiger partial charge in [0, 0.05) is 37.7 Å². The van der Waals surface area contributed by atoms with Crippen LogP contribution in [0.2, 0.25) is 0 Å². The summed E-state index contributed by atoms with van der Waals surface area (Å²) in [5.74, 6) is -0.491. The molecule has 0 aliphatic carbocycles. The normalized spacial score (nSPS) is 20.1. The highest BCUT2D eigenvalue weighted by Gasteiger charge is 2.43. The molecule has 1 saturated heterocycles. The van der Waals surface area contributed by atoms with Crippen LogP contribution in [-0.2, 0) is 11.2 Å². The zero-order valence-corrected chi connectivity index (χ0v) is 14.2. The number of primary amides is 1. The molecular weight excluding hydrogens is 320 g/mol. The van der Waals surface area contributed by atoms with E-state index in [1.165, 1.54) is 11.0 Å². The molecule has 3 N–H and O–H groups in total. The van der Waals surface area contributed by atoms with Crippen molar-refractivity contribution in [3.8, 4) is 11.4 Å². The highest BCUT2D eigenvalue weighted by atomic mass is 16.3. The number of nitrogens with two attached hydrogens (primary N) is 1. The predicted molar refractivity (Wildman–Crippen MR) is 91.6 cm³/mol. The van der Waals surface area contributed by atoms with Crippen molar-refractivity contribution in [2.45, 2.75) is 25.4 Å². The molecule has 1 aliphatic heterocycles. The summed E-state index contributed by atoms with van der Waals surface area (Å²) in [6, 6.07) is 8.83. The van der Waals surface area contributed by atoms with Crippen molar-refractivity contribution < 1.29 is 14.7 Å². The molecule has 0 bridgehead atoms. The second-order valence-corrected chi connectivity index (χ2v) is 6.47. The van der Waals surface area contributed by atoms with Crippen LogP contribution in [0.1, 0.15) is 28.2 Å². The number of hydrogen-bond acceptors (Lipinski definition) is 5. The second-order valence-electron chi connectivity index (χ2n) is 6.47. The van der Waals surface area contributed by atoms with E-state index in [4.69, 9.17) is 5.73 Å². The van der Waals surface area contributed by atoms with Gasteiger partial charge in [-0.3, -0.25) is 9.59 Å². The Balaban J connectivity index is 1.93. The van der Waals surface area contributed by atoms with Gasteiger partial charge in [0.05, 0.1) is 0 Å². The monoisotopic (exact) mass is 340 g/mol. The number of likely N-dealkylation sites (N-methyl/N-ethyl adjacent to an activating group) is 1. The average Bonchev–Trinajstić information content (AvgIpc) is 2.82. The van der Waals surface area contributed by atoms with E-state index in [2.05, 4.69) is 9.97 Å². The van der Waals surface area contributed by atoms with E-state index < -0.39 is 11.5 Å². The summed E-state index contributed by atoms with van der Waals surface area (Å²) in [7, 11) is 1.68. The number of aliphatic hydroxyl groups is 1. The summed E-state index contributed by atoms with van der Waals surface area (Å²) in [4.78, 5) is 33.6. The number of amides is 2. The molecule has 2 aromatic rings. The molecule has 1 unspecified atom stereocenters. The van der Waals surface area contributed by atoms with Crippen molar-refractivity contribution in [3.05, 3.63) is 47.3 Å². The lowest BCUT2D eigenvalue weighted by Crippen LogP contribution is -2.40. The van der Waals surface area contributed by atoms with Gasteiger partial charge in [-0.05, 0) is 24.6 Å². The Morgan fingerprint density at radius 1 is 1.36 bits per heavy atom. The number of aryl methyl sites for hydroxylation is 1. The van der Waals surface area contributed by atoms with E-state index in [1.807, 2.05) is 24.3 Å². The molecule has 1 aromatic carbocycles. The Morgan fingerprint density at radius 3 is 2.76 bits per heavy atom. The lowest BCUT2D eigenvalue weighted by molar-refractivity contribution is -0.142. The fraction of sp³-hybridized carbons (Fsp3) is 0.333. The molecule has 1 aliphatic rings. The summed E-state index contributed by atoms with van der Waals surface area (Å²) in [5.41, 5.74) is 6.22. The summed E-state index contributed by atoms with van der Waals surface area (Å²) in [6.07, 6.45) is 0.623. The summed E-state index contributed by atoms with van der Waals surface area (Å²) in [5, 5.41) is 10.6.